The van der Waals surface area contributed by atoms with Gasteiger partial charge in [-0.15, -0.1) is 0 Å². The standard InChI is InChI=1S/C30H44O10/c1-21-13-7-3-2-4-11-17-24(39-30-29(37)28(36)27(35)25(20-31)40-30)19-23(33)16-10-5-8-14-22(32)15-9-6-12-18-26(34)38-21/h2,4-6,8-12,14,17-18,21-25,27-33,35-37H,3,7,13,15-16,19-20H2,1H3. The number of hydrogen-bond acceptors (Lipinski definition) is 10. The van der Waals surface area contributed by atoms with Gasteiger partial charge < -0.3 is 44.8 Å². The summed E-state index contributed by atoms with van der Waals surface area (Å²) >= 11 is 0. The van der Waals surface area contributed by atoms with Crippen LogP contribution in [0.1, 0.15) is 45.4 Å². The van der Waals surface area contributed by atoms with Crippen LogP contribution in [0, 0.1) is 0 Å². The Morgan fingerprint density at radius 1 is 0.875 bits per heavy atom. The minimum Gasteiger partial charge on any atom is -0.460 e. The third-order valence-corrected chi connectivity index (χ3v) is 6.38. The molecule has 0 aliphatic carbocycles. The van der Waals surface area contributed by atoms with Crippen molar-refractivity contribution < 1.29 is 49.6 Å². The average Bonchev–Trinajstić information content (AvgIpc) is 2.91. The van der Waals surface area contributed by atoms with E-state index in [1.165, 1.54) is 6.08 Å². The lowest BCUT2D eigenvalue weighted by atomic mass is 9.99. The van der Waals surface area contributed by atoms with E-state index in [9.17, 15) is 35.4 Å². The molecule has 0 saturated carbocycles. The Kier molecular flexibility index (Phi) is 15.9. The van der Waals surface area contributed by atoms with Crippen LogP contribution in [-0.4, -0.2) is 98.3 Å². The lowest BCUT2D eigenvalue weighted by Crippen LogP contribution is -2.59. The van der Waals surface area contributed by atoms with Crippen molar-refractivity contribution >= 4 is 5.97 Å². The number of carbonyl (C=O) groups excluding carboxylic acids is 1. The maximum Gasteiger partial charge on any atom is 0.331 e. The summed E-state index contributed by atoms with van der Waals surface area (Å²) in [7, 11) is 0. The monoisotopic (exact) mass is 564 g/mol. The second-order valence-corrected chi connectivity index (χ2v) is 9.89. The summed E-state index contributed by atoms with van der Waals surface area (Å²) in [6, 6.07) is 0. The first-order valence-electron chi connectivity index (χ1n) is 13.7. The van der Waals surface area contributed by atoms with Crippen LogP contribution in [0.4, 0.5) is 0 Å². The van der Waals surface area contributed by atoms with Crippen molar-refractivity contribution in [2.45, 2.75) is 101 Å². The quantitative estimate of drug-likeness (QED) is 0.277. The smallest absolute Gasteiger partial charge is 0.331 e. The van der Waals surface area contributed by atoms with Crippen LogP contribution in [0.15, 0.2) is 72.9 Å². The number of esters is 1. The Morgan fingerprint density at radius 3 is 2.35 bits per heavy atom. The first-order chi connectivity index (χ1) is 19.2. The molecule has 6 N–H and O–H groups in total. The minimum atomic E-state index is -1.57. The molecule has 1 fully saturated rings. The van der Waals surface area contributed by atoms with Crippen LogP contribution >= 0.6 is 0 Å². The zero-order chi connectivity index (χ0) is 29.3. The Morgan fingerprint density at radius 2 is 1.57 bits per heavy atom. The molecule has 2 rings (SSSR count). The van der Waals surface area contributed by atoms with E-state index in [0.717, 1.165) is 12.8 Å². The van der Waals surface area contributed by atoms with Crippen LogP contribution in [-0.2, 0) is 19.0 Å². The number of hydrogen-bond donors (Lipinski definition) is 6. The van der Waals surface area contributed by atoms with Gasteiger partial charge >= 0.3 is 5.97 Å². The zero-order valence-electron chi connectivity index (χ0n) is 22.9. The van der Waals surface area contributed by atoms with Gasteiger partial charge in [-0.1, -0.05) is 66.8 Å². The van der Waals surface area contributed by atoms with E-state index in [4.69, 9.17) is 14.2 Å². The number of rotatable bonds is 3. The van der Waals surface area contributed by atoms with Gasteiger partial charge in [0.15, 0.2) is 6.29 Å². The molecule has 2 heterocycles. The predicted octanol–water partition coefficient (Wildman–Crippen LogP) is 1.52. The highest BCUT2D eigenvalue weighted by atomic mass is 16.7. The van der Waals surface area contributed by atoms with Crippen LogP contribution in [0.2, 0.25) is 0 Å². The molecule has 2 aliphatic heterocycles. The fourth-order valence-electron chi connectivity index (χ4n) is 4.09. The molecule has 224 valence electrons. The maximum atomic E-state index is 11.9. The molecule has 10 heteroatoms. The van der Waals surface area contributed by atoms with Gasteiger partial charge in [0, 0.05) is 12.5 Å². The van der Waals surface area contributed by atoms with Gasteiger partial charge in [-0.2, -0.15) is 0 Å². The molecular weight excluding hydrogens is 520 g/mol. The van der Waals surface area contributed by atoms with Crippen molar-refractivity contribution in [1.29, 1.82) is 0 Å². The zero-order valence-corrected chi connectivity index (χ0v) is 22.9. The second kappa shape index (κ2) is 18.8. The largest absolute Gasteiger partial charge is 0.460 e. The van der Waals surface area contributed by atoms with Gasteiger partial charge in [0.2, 0.25) is 0 Å². The molecule has 0 aromatic heterocycles. The summed E-state index contributed by atoms with van der Waals surface area (Å²) in [6.45, 7) is 1.26. The number of aliphatic hydroxyl groups excluding tert-OH is 6. The van der Waals surface area contributed by atoms with E-state index < -0.39 is 61.6 Å². The molecule has 0 amide bonds. The van der Waals surface area contributed by atoms with E-state index in [0.29, 0.717) is 12.8 Å². The molecule has 1 saturated heterocycles. The van der Waals surface area contributed by atoms with Crippen molar-refractivity contribution in [1.82, 2.24) is 0 Å². The number of aliphatic hydroxyl groups is 6. The third kappa shape index (κ3) is 12.8. The number of carbonyl (C=O) groups is 1. The van der Waals surface area contributed by atoms with E-state index in [2.05, 4.69) is 0 Å². The van der Waals surface area contributed by atoms with E-state index in [-0.39, 0.29) is 18.9 Å². The maximum absolute atomic E-state index is 11.9. The third-order valence-electron chi connectivity index (χ3n) is 6.38. The highest BCUT2D eigenvalue weighted by Gasteiger charge is 2.44. The van der Waals surface area contributed by atoms with Crippen molar-refractivity contribution in [3.8, 4) is 0 Å². The molecule has 10 nitrogen and oxygen atoms in total. The Labute approximate surface area is 235 Å². The molecule has 9 unspecified atom stereocenters. The molecule has 0 aromatic rings. The molecule has 0 aromatic carbocycles. The van der Waals surface area contributed by atoms with Crippen LogP contribution in [0.5, 0.6) is 0 Å². The fourth-order valence-corrected chi connectivity index (χ4v) is 4.09. The van der Waals surface area contributed by atoms with Crippen LogP contribution in [0.25, 0.3) is 0 Å². The SMILES string of the molecule is CC1CCCC=CC=CC(OC2OC(CO)C(O)C(O)C2O)CC(O)CC=CC=CC(O)CC=CC=CC(=O)O1. The highest BCUT2D eigenvalue weighted by Crippen LogP contribution is 2.24. The summed E-state index contributed by atoms with van der Waals surface area (Å²) in [4.78, 5) is 11.9. The van der Waals surface area contributed by atoms with Gasteiger partial charge in [-0.05, 0) is 39.0 Å². The van der Waals surface area contributed by atoms with Gasteiger partial charge in [0.25, 0.3) is 0 Å². The number of allylic oxidation sites excluding steroid dienone is 7. The molecule has 0 spiro atoms. The summed E-state index contributed by atoms with van der Waals surface area (Å²) in [5, 5.41) is 60.6. The van der Waals surface area contributed by atoms with E-state index in [1.54, 1.807) is 54.7 Å². The van der Waals surface area contributed by atoms with Gasteiger partial charge in [-0.25, -0.2) is 4.79 Å². The molecule has 9 atom stereocenters. The first-order valence-corrected chi connectivity index (χ1v) is 13.7. The Balaban J connectivity index is 2.10. The summed E-state index contributed by atoms with van der Waals surface area (Å²) in [6.07, 6.45) is 13.7. The fraction of sp³-hybridized carbons (Fsp3) is 0.567. The Hall–Kier alpha value is -2.41. The van der Waals surface area contributed by atoms with Crippen molar-refractivity contribution in [3.05, 3.63) is 72.9 Å². The topological polar surface area (TPSA) is 166 Å². The summed E-state index contributed by atoms with van der Waals surface area (Å²) < 4.78 is 16.7. The van der Waals surface area contributed by atoms with E-state index in [1.807, 2.05) is 19.1 Å². The molecule has 40 heavy (non-hydrogen) atoms. The van der Waals surface area contributed by atoms with Crippen LogP contribution in [0.3, 0.4) is 0 Å². The van der Waals surface area contributed by atoms with Gasteiger partial charge in [0.1, 0.15) is 24.4 Å². The van der Waals surface area contributed by atoms with E-state index >= 15 is 0 Å². The average molecular weight is 565 g/mol. The lowest BCUT2D eigenvalue weighted by Gasteiger charge is -2.40. The summed E-state index contributed by atoms with van der Waals surface area (Å²) in [5.41, 5.74) is 0. The predicted molar refractivity (Wildman–Crippen MR) is 149 cm³/mol. The minimum absolute atomic E-state index is 0.136. The molecule has 0 radical (unpaired) electrons. The number of cyclic esters (lactones) is 1. The highest BCUT2D eigenvalue weighted by molar-refractivity contribution is 5.82. The van der Waals surface area contributed by atoms with Crippen molar-refractivity contribution in [3.63, 3.8) is 0 Å². The summed E-state index contributed by atoms with van der Waals surface area (Å²) in [5.74, 6) is -0.428. The normalized spacial score (nSPS) is 35.8. The first kappa shape index (κ1) is 33.8. The Bertz CT molecular complexity index is 906. The van der Waals surface area contributed by atoms with Crippen molar-refractivity contribution in [2.75, 3.05) is 6.61 Å². The second-order valence-electron chi connectivity index (χ2n) is 9.89. The molecule has 2 aliphatic rings. The van der Waals surface area contributed by atoms with Gasteiger partial charge in [-0.3, -0.25) is 0 Å². The lowest BCUT2D eigenvalue weighted by molar-refractivity contribution is -0.308. The molecular formula is C30H44O10. The number of ether oxygens (including phenoxy) is 3. The molecule has 0 bridgehead atoms. The van der Waals surface area contributed by atoms with Gasteiger partial charge in [0.05, 0.1) is 31.0 Å². The van der Waals surface area contributed by atoms with Crippen molar-refractivity contribution in [2.24, 2.45) is 0 Å². The van der Waals surface area contributed by atoms with Crippen LogP contribution < -0.4 is 0 Å².